The summed E-state index contributed by atoms with van der Waals surface area (Å²) in [6.07, 6.45) is 1.74. The molecule has 1 saturated carbocycles. The Morgan fingerprint density at radius 2 is 1.87 bits per heavy atom. The molecule has 1 saturated heterocycles. The van der Waals surface area contributed by atoms with E-state index in [9.17, 15) is 32.7 Å². The quantitative estimate of drug-likeness (QED) is 0.338. The second-order valence-electron chi connectivity index (χ2n) is 10.2. The summed E-state index contributed by atoms with van der Waals surface area (Å²) in [6.45, 7) is 3.21. The predicted molar refractivity (Wildman–Crippen MR) is 138 cm³/mol. The molecular formula is C26H29FN4O6S. The van der Waals surface area contributed by atoms with Gasteiger partial charge in [-0.25, -0.2) is 14.1 Å². The first-order valence-electron chi connectivity index (χ1n) is 12.3. The van der Waals surface area contributed by atoms with E-state index >= 15 is 0 Å². The fraction of sp³-hybridized carbons (Fsp3) is 0.385. The van der Waals surface area contributed by atoms with Gasteiger partial charge in [-0.15, -0.1) is 0 Å². The number of hydrogen-bond donors (Lipinski definition) is 5. The van der Waals surface area contributed by atoms with Crippen LogP contribution in [-0.4, -0.2) is 49.6 Å². The number of nitrogens with one attached hydrogen (secondary N) is 3. The van der Waals surface area contributed by atoms with Crippen molar-refractivity contribution in [1.29, 1.82) is 0 Å². The van der Waals surface area contributed by atoms with Crippen LogP contribution in [0.3, 0.4) is 0 Å². The van der Waals surface area contributed by atoms with E-state index in [1.165, 1.54) is 49.4 Å². The smallest absolute Gasteiger partial charge is 0.326 e. The van der Waals surface area contributed by atoms with Gasteiger partial charge < -0.3 is 16.0 Å². The second-order valence-corrected chi connectivity index (χ2v) is 12.3. The molecule has 10 nitrogen and oxygen atoms in total. The first-order chi connectivity index (χ1) is 17.9. The van der Waals surface area contributed by atoms with Crippen molar-refractivity contribution in [3.63, 3.8) is 0 Å². The van der Waals surface area contributed by atoms with Gasteiger partial charge in [-0.05, 0) is 54.5 Å². The number of amides is 5. The zero-order valence-electron chi connectivity index (χ0n) is 20.9. The molecule has 0 bridgehead atoms. The number of carbonyl (C=O) groups excluding carboxylic acids is 4. The van der Waals surface area contributed by atoms with Gasteiger partial charge in [0, 0.05) is 24.7 Å². The van der Waals surface area contributed by atoms with Gasteiger partial charge in [-0.1, -0.05) is 25.1 Å². The fourth-order valence-electron chi connectivity index (χ4n) is 5.38. The largest absolute Gasteiger partial charge is 0.350 e. The van der Waals surface area contributed by atoms with E-state index in [2.05, 4.69) is 16.0 Å². The molecule has 0 radical (unpaired) electrons. The average Bonchev–Trinajstić information content (AvgIpc) is 3.63. The van der Waals surface area contributed by atoms with Crippen LogP contribution in [-0.2, 0) is 26.5 Å². The summed E-state index contributed by atoms with van der Waals surface area (Å²) in [7, 11) is -3.50. The lowest BCUT2D eigenvalue weighted by molar-refractivity contribution is -0.140. The van der Waals surface area contributed by atoms with E-state index in [0.29, 0.717) is 11.3 Å². The molecule has 2 unspecified atom stereocenters. The fourth-order valence-corrected chi connectivity index (χ4v) is 7.40. The minimum atomic E-state index is -3.50. The Morgan fingerprint density at radius 1 is 1.18 bits per heavy atom. The van der Waals surface area contributed by atoms with Gasteiger partial charge in [-0.2, -0.15) is 10.6 Å². The highest BCUT2D eigenvalue weighted by molar-refractivity contribution is 8.24. The lowest BCUT2D eigenvalue weighted by Crippen LogP contribution is -2.54. The summed E-state index contributed by atoms with van der Waals surface area (Å²) in [5.74, 6) is -2.67. The molecule has 1 spiro atoms. The van der Waals surface area contributed by atoms with Gasteiger partial charge in [0.05, 0.1) is 10.6 Å². The molecule has 202 valence electrons. The van der Waals surface area contributed by atoms with Gasteiger partial charge in [0.2, 0.25) is 11.8 Å². The van der Waals surface area contributed by atoms with E-state index in [1.54, 1.807) is 0 Å². The van der Waals surface area contributed by atoms with Gasteiger partial charge in [0.15, 0.2) is 5.54 Å². The van der Waals surface area contributed by atoms with E-state index in [-0.39, 0.29) is 34.7 Å². The molecule has 5 N–H and O–H groups in total. The Kier molecular flexibility index (Phi) is 6.44. The molecule has 5 rings (SSSR count). The number of anilines is 1. The molecule has 0 aromatic heterocycles. The van der Waals surface area contributed by atoms with Crippen LogP contribution in [0, 0.1) is 17.7 Å². The molecule has 1 aliphatic carbocycles. The highest BCUT2D eigenvalue weighted by Gasteiger charge is 2.63. The number of hydrogen-bond acceptors (Lipinski definition) is 6. The molecule has 38 heavy (non-hydrogen) atoms. The third kappa shape index (κ3) is 4.52. The maximum atomic E-state index is 14.0. The van der Waals surface area contributed by atoms with E-state index in [1.807, 2.05) is 6.92 Å². The third-order valence-electron chi connectivity index (χ3n) is 7.45. The molecule has 2 heterocycles. The molecule has 2 aromatic rings. The van der Waals surface area contributed by atoms with Crippen LogP contribution in [0.2, 0.25) is 0 Å². The van der Waals surface area contributed by atoms with Crippen LogP contribution in [0.25, 0.3) is 0 Å². The van der Waals surface area contributed by atoms with Crippen molar-refractivity contribution in [1.82, 2.24) is 15.5 Å². The minimum Gasteiger partial charge on any atom is -0.350 e. The maximum Gasteiger partial charge on any atom is 0.326 e. The van der Waals surface area contributed by atoms with E-state index < -0.39 is 51.6 Å². The van der Waals surface area contributed by atoms with Crippen LogP contribution in [0.5, 0.6) is 0 Å². The minimum absolute atomic E-state index is 0.0619. The third-order valence-corrected chi connectivity index (χ3v) is 9.32. The number of carbonyl (C=O) groups is 4. The van der Waals surface area contributed by atoms with Crippen molar-refractivity contribution in [2.45, 2.75) is 49.7 Å². The van der Waals surface area contributed by atoms with Crippen molar-refractivity contribution in [2.24, 2.45) is 11.8 Å². The predicted octanol–water partition coefficient (Wildman–Crippen LogP) is 3.39. The summed E-state index contributed by atoms with van der Waals surface area (Å²) in [4.78, 5) is 53.3. The number of imide groups is 1. The zero-order chi connectivity index (χ0) is 27.4. The highest BCUT2D eigenvalue weighted by Crippen LogP contribution is 2.62. The molecule has 5 amide bonds. The molecule has 2 aromatic carbocycles. The van der Waals surface area contributed by atoms with Crippen LogP contribution >= 0.6 is 10.6 Å². The lowest BCUT2D eigenvalue weighted by Gasteiger charge is -2.31. The highest BCUT2D eigenvalue weighted by atomic mass is 32.3. The SMILES string of the molecule is CC(=O)Nc1ccc2c(c1)S(O)(O)CC21NC(=O)N(C(C(=O)NCc2ccc(F)cc2)[C@@H](C)C2CC2)C1=O. The number of benzene rings is 2. The second kappa shape index (κ2) is 9.37. The van der Waals surface area contributed by atoms with Crippen molar-refractivity contribution in [3.8, 4) is 0 Å². The van der Waals surface area contributed by atoms with Crippen molar-refractivity contribution in [2.75, 3.05) is 11.1 Å². The average molecular weight is 545 g/mol. The first-order valence-corrected chi connectivity index (χ1v) is 14.0. The molecule has 2 aliphatic heterocycles. The number of rotatable bonds is 7. The normalized spacial score (nSPS) is 24.0. The van der Waals surface area contributed by atoms with Gasteiger partial charge in [0.1, 0.15) is 11.9 Å². The zero-order valence-corrected chi connectivity index (χ0v) is 21.7. The summed E-state index contributed by atoms with van der Waals surface area (Å²) >= 11 is 0. The summed E-state index contributed by atoms with van der Waals surface area (Å²) in [5.41, 5.74) is -0.558. The van der Waals surface area contributed by atoms with Crippen LogP contribution in [0.1, 0.15) is 37.8 Å². The number of halogens is 1. The van der Waals surface area contributed by atoms with E-state index in [4.69, 9.17) is 0 Å². The lowest BCUT2D eigenvalue weighted by atomic mass is 9.89. The standard InChI is InChI=1S/C26H29FN4O6S/c1-14(17-5-6-17)22(23(33)28-12-16-3-7-18(27)8-4-16)31-24(34)26(30-25(31)35)13-38(36,37)21-11-19(29-15(2)32)9-10-20(21)26/h3-4,7-11,14,17,22,36-37H,5-6,12-13H2,1-2H3,(H,28,33)(H,29,32)(H,30,35)/t14-,22?,26?/m0/s1. The Labute approximate surface area is 220 Å². The number of fused-ring (bicyclic) bond motifs is 2. The Hall–Kier alpha value is -3.48. The molecule has 3 aliphatic rings. The van der Waals surface area contributed by atoms with Crippen LogP contribution in [0.4, 0.5) is 14.9 Å². The van der Waals surface area contributed by atoms with Gasteiger partial charge in [-0.3, -0.25) is 23.5 Å². The number of urea groups is 1. The Bertz CT molecular complexity index is 1330. The summed E-state index contributed by atoms with van der Waals surface area (Å²) in [6, 6.07) is 8.10. The van der Waals surface area contributed by atoms with Crippen molar-refractivity contribution >= 4 is 40.0 Å². The Balaban J connectivity index is 1.46. The Morgan fingerprint density at radius 3 is 2.50 bits per heavy atom. The topological polar surface area (TPSA) is 148 Å². The van der Waals surface area contributed by atoms with Crippen LogP contribution in [0.15, 0.2) is 47.4 Å². The first kappa shape index (κ1) is 26.1. The molecular weight excluding hydrogens is 515 g/mol. The molecule has 2 fully saturated rings. The van der Waals surface area contributed by atoms with E-state index in [0.717, 1.165) is 17.7 Å². The summed E-state index contributed by atoms with van der Waals surface area (Å²) in [5, 5.41) is 8.00. The van der Waals surface area contributed by atoms with Gasteiger partial charge >= 0.3 is 6.03 Å². The summed E-state index contributed by atoms with van der Waals surface area (Å²) < 4.78 is 35.1. The van der Waals surface area contributed by atoms with Crippen LogP contribution < -0.4 is 16.0 Å². The van der Waals surface area contributed by atoms with Crippen molar-refractivity contribution < 1.29 is 32.7 Å². The van der Waals surface area contributed by atoms with Crippen molar-refractivity contribution in [3.05, 3.63) is 59.4 Å². The molecule has 12 heteroatoms. The van der Waals surface area contributed by atoms with Gasteiger partial charge in [0.25, 0.3) is 5.91 Å². The number of nitrogens with zero attached hydrogens (tertiary/aromatic N) is 1. The maximum absolute atomic E-state index is 14.0. The monoisotopic (exact) mass is 544 g/mol. The molecule has 3 atom stereocenters.